The van der Waals surface area contributed by atoms with Gasteiger partial charge in [0.2, 0.25) is 5.88 Å². The predicted molar refractivity (Wildman–Crippen MR) is 124 cm³/mol. The molecule has 0 aliphatic carbocycles. The van der Waals surface area contributed by atoms with Crippen molar-refractivity contribution in [1.29, 1.82) is 0 Å². The number of fused-ring (bicyclic) bond motifs is 1. The average molecular weight is 446 g/mol. The molecule has 0 fully saturated rings. The summed E-state index contributed by atoms with van der Waals surface area (Å²) in [6.45, 7) is 2.14. The highest BCUT2D eigenvalue weighted by Crippen LogP contribution is 2.23. The van der Waals surface area contributed by atoms with E-state index in [2.05, 4.69) is 27.1 Å². The Morgan fingerprint density at radius 1 is 1.06 bits per heavy atom. The van der Waals surface area contributed by atoms with Gasteiger partial charge < -0.3 is 9.47 Å². The fourth-order valence-electron chi connectivity index (χ4n) is 3.72. The number of rotatable bonds is 10. The molecule has 4 aromatic rings. The van der Waals surface area contributed by atoms with Crippen LogP contribution in [0.3, 0.4) is 0 Å². The molecule has 0 aromatic carbocycles. The lowest BCUT2D eigenvalue weighted by Crippen LogP contribution is -2.18. The Balaban J connectivity index is 1.43. The summed E-state index contributed by atoms with van der Waals surface area (Å²) in [6.07, 6.45) is 8.11. The summed E-state index contributed by atoms with van der Waals surface area (Å²) in [4.78, 5) is 25.5. The molecule has 1 atom stereocenters. The van der Waals surface area contributed by atoms with Crippen LogP contribution in [0.1, 0.15) is 42.8 Å². The van der Waals surface area contributed by atoms with Gasteiger partial charge in [0.25, 0.3) is 0 Å². The van der Waals surface area contributed by atoms with E-state index in [4.69, 9.17) is 14.6 Å². The van der Waals surface area contributed by atoms with Crippen LogP contribution < -0.4 is 4.74 Å². The minimum absolute atomic E-state index is 0.178. The van der Waals surface area contributed by atoms with Crippen LogP contribution in [0, 0.1) is 0 Å². The highest BCUT2D eigenvalue weighted by molar-refractivity contribution is 5.74. The van der Waals surface area contributed by atoms with Crippen LogP contribution >= 0.6 is 0 Å². The van der Waals surface area contributed by atoms with Gasteiger partial charge in [0.15, 0.2) is 5.65 Å². The number of nitrogens with zero attached hydrogens (tertiary/aromatic N) is 5. The van der Waals surface area contributed by atoms with Gasteiger partial charge >= 0.3 is 5.97 Å². The van der Waals surface area contributed by atoms with Gasteiger partial charge in [-0.3, -0.25) is 9.48 Å². The van der Waals surface area contributed by atoms with Gasteiger partial charge in [-0.15, -0.1) is 0 Å². The minimum Gasteiger partial charge on any atom is -0.481 e. The van der Waals surface area contributed by atoms with E-state index in [1.807, 2.05) is 35.1 Å². The van der Waals surface area contributed by atoms with Gasteiger partial charge in [-0.05, 0) is 68.1 Å². The number of pyridine rings is 3. The monoisotopic (exact) mass is 445 g/mol. The molecule has 4 rings (SSSR count). The van der Waals surface area contributed by atoms with Crippen molar-refractivity contribution in [1.82, 2.24) is 24.7 Å². The number of aryl methyl sites for hydroxylation is 2. The van der Waals surface area contributed by atoms with Crippen LogP contribution in [0.25, 0.3) is 11.0 Å². The Morgan fingerprint density at radius 2 is 1.94 bits per heavy atom. The highest BCUT2D eigenvalue weighted by Gasteiger charge is 2.20. The summed E-state index contributed by atoms with van der Waals surface area (Å²) in [5.74, 6) is 0.249. The number of aromatic nitrogens is 5. The van der Waals surface area contributed by atoms with Crippen molar-refractivity contribution in [3.05, 3.63) is 78.0 Å². The third-order valence-corrected chi connectivity index (χ3v) is 5.39. The van der Waals surface area contributed by atoms with E-state index in [0.29, 0.717) is 12.5 Å². The normalized spacial score (nSPS) is 11.9. The van der Waals surface area contributed by atoms with Crippen molar-refractivity contribution in [2.45, 2.75) is 38.6 Å². The lowest BCUT2D eigenvalue weighted by Gasteiger charge is -2.17. The van der Waals surface area contributed by atoms with E-state index in [9.17, 15) is 4.79 Å². The van der Waals surface area contributed by atoms with Gasteiger partial charge in [-0.25, -0.2) is 15.0 Å². The number of hydrogen-bond donors (Lipinski definition) is 0. The summed E-state index contributed by atoms with van der Waals surface area (Å²) in [5.41, 5.74) is 3.62. The molecule has 4 aromatic heterocycles. The first-order chi connectivity index (χ1) is 16.2. The van der Waals surface area contributed by atoms with Crippen LogP contribution in [0.15, 0.2) is 61.1 Å². The van der Waals surface area contributed by atoms with E-state index in [-0.39, 0.29) is 18.4 Å². The second-order valence-electron chi connectivity index (χ2n) is 7.65. The first-order valence-electron chi connectivity index (χ1n) is 11.1. The van der Waals surface area contributed by atoms with Crippen LogP contribution in [0.5, 0.6) is 5.88 Å². The van der Waals surface area contributed by atoms with Gasteiger partial charge in [0.1, 0.15) is 0 Å². The molecule has 0 saturated carbocycles. The molecule has 0 amide bonds. The first kappa shape index (κ1) is 22.4. The molecule has 170 valence electrons. The third-order valence-electron chi connectivity index (χ3n) is 5.39. The summed E-state index contributed by atoms with van der Waals surface area (Å²) in [5, 5.41) is 5.78. The van der Waals surface area contributed by atoms with Crippen LogP contribution in [0.4, 0.5) is 0 Å². The van der Waals surface area contributed by atoms with Crippen LogP contribution in [-0.4, -0.2) is 44.4 Å². The van der Waals surface area contributed by atoms with Gasteiger partial charge in [0, 0.05) is 35.7 Å². The van der Waals surface area contributed by atoms with Crippen molar-refractivity contribution in [2.24, 2.45) is 0 Å². The smallest absolute Gasteiger partial charge is 0.308 e. The second-order valence-corrected chi connectivity index (χ2v) is 7.65. The second kappa shape index (κ2) is 10.7. The molecule has 0 aliphatic heterocycles. The molecule has 0 bridgehead atoms. The van der Waals surface area contributed by atoms with Gasteiger partial charge in [-0.2, -0.15) is 5.10 Å². The molecular weight excluding hydrogens is 418 g/mol. The molecule has 8 heteroatoms. The molecule has 0 spiro atoms. The van der Waals surface area contributed by atoms with Gasteiger partial charge in [-0.1, -0.05) is 0 Å². The Labute approximate surface area is 192 Å². The van der Waals surface area contributed by atoms with E-state index < -0.39 is 0 Å². The zero-order valence-corrected chi connectivity index (χ0v) is 18.8. The number of esters is 1. The summed E-state index contributed by atoms with van der Waals surface area (Å²) >= 11 is 0. The quantitative estimate of drug-likeness (QED) is 0.341. The maximum Gasteiger partial charge on any atom is 0.308 e. The SMILES string of the molecule is CCOC(=O)CC(c1ccc(OC)nc1)n1ccc(CCCc2ccc3cccnc3n2)n1. The molecule has 0 saturated heterocycles. The maximum atomic E-state index is 12.2. The number of methoxy groups -OCH3 is 1. The zero-order chi connectivity index (χ0) is 23.0. The largest absolute Gasteiger partial charge is 0.481 e. The highest BCUT2D eigenvalue weighted by atomic mass is 16.5. The van der Waals surface area contributed by atoms with Crippen molar-refractivity contribution in [2.75, 3.05) is 13.7 Å². The molecule has 1 unspecified atom stereocenters. The molecule has 33 heavy (non-hydrogen) atoms. The standard InChI is InChI=1S/C25H27N5O3/c1-3-33-24(31)16-22(19-10-12-23(32-2)27-17-19)30-15-13-21(29-30)8-4-7-20-11-9-18-6-5-14-26-25(18)28-20/h5-6,9-15,17,22H,3-4,7-8,16H2,1-2H3. The summed E-state index contributed by atoms with van der Waals surface area (Å²) < 4.78 is 12.1. The lowest BCUT2D eigenvalue weighted by atomic mass is 10.1. The van der Waals surface area contributed by atoms with Crippen LogP contribution in [0.2, 0.25) is 0 Å². The number of hydrogen-bond acceptors (Lipinski definition) is 7. The van der Waals surface area contributed by atoms with Crippen molar-refractivity contribution in [3.63, 3.8) is 0 Å². The fourth-order valence-corrected chi connectivity index (χ4v) is 3.72. The third kappa shape index (κ3) is 5.71. The molecule has 4 heterocycles. The Hall–Kier alpha value is -3.81. The Kier molecular flexibility index (Phi) is 7.24. The average Bonchev–Trinajstić information content (AvgIpc) is 3.31. The van der Waals surface area contributed by atoms with Gasteiger partial charge in [0.05, 0.1) is 31.9 Å². The van der Waals surface area contributed by atoms with E-state index in [0.717, 1.165) is 47.2 Å². The predicted octanol–water partition coefficient (Wildman–Crippen LogP) is 3.95. The zero-order valence-electron chi connectivity index (χ0n) is 18.8. The number of ether oxygens (including phenoxy) is 2. The summed E-state index contributed by atoms with van der Waals surface area (Å²) in [7, 11) is 1.57. The fraction of sp³-hybridized carbons (Fsp3) is 0.320. The Bertz CT molecular complexity index is 1210. The molecule has 8 nitrogen and oxygen atoms in total. The Morgan fingerprint density at radius 3 is 2.73 bits per heavy atom. The van der Waals surface area contributed by atoms with Crippen molar-refractivity contribution in [3.8, 4) is 5.88 Å². The lowest BCUT2D eigenvalue weighted by molar-refractivity contribution is -0.143. The topological polar surface area (TPSA) is 92.0 Å². The first-order valence-corrected chi connectivity index (χ1v) is 11.1. The molecule has 0 radical (unpaired) electrons. The summed E-state index contributed by atoms with van der Waals surface area (Å²) in [6, 6.07) is 13.4. The van der Waals surface area contributed by atoms with E-state index in [1.54, 1.807) is 32.5 Å². The number of carbonyl (C=O) groups is 1. The number of carbonyl (C=O) groups excluding carboxylic acids is 1. The minimum atomic E-state index is -0.301. The van der Waals surface area contributed by atoms with Crippen LogP contribution in [-0.2, 0) is 22.4 Å². The molecule has 0 aliphatic rings. The van der Waals surface area contributed by atoms with E-state index in [1.165, 1.54) is 0 Å². The van der Waals surface area contributed by atoms with Crippen molar-refractivity contribution >= 4 is 17.0 Å². The molecular formula is C25H27N5O3. The maximum absolute atomic E-state index is 12.2. The molecule has 0 N–H and O–H groups in total. The van der Waals surface area contributed by atoms with Crippen molar-refractivity contribution < 1.29 is 14.3 Å². The van der Waals surface area contributed by atoms with E-state index >= 15 is 0 Å².